The number of carbonyl (C=O) groups is 1. The Morgan fingerprint density at radius 2 is 1.62 bits per heavy atom. The van der Waals surface area contributed by atoms with Gasteiger partial charge in [-0.1, -0.05) is 60.7 Å². The van der Waals surface area contributed by atoms with Gasteiger partial charge < -0.3 is 9.84 Å². The molecule has 0 unspecified atom stereocenters. The maximum Gasteiger partial charge on any atom is 0.415 e. The first kappa shape index (κ1) is 17.8. The van der Waals surface area contributed by atoms with Crippen LogP contribution in [0.15, 0.2) is 66.7 Å². The van der Waals surface area contributed by atoms with Crippen LogP contribution in [0.5, 0.6) is 5.75 Å². The lowest BCUT2D eigenvalue weighted by atomic mass is 10.1. The van der Waals surface area contributed by atoms with E-state index >= 15 is 0 Å². The highest BCUT2D eigenvalue weighted by molar-refractivity contribution is 6.04. The molecule has 0 aliphatic heterocycles. The van der Waals surface area contributed by atoms with E-state index in [0.717, 1.165) is 16.3 Å². The molecule has 0 atom stereocenters. The van der Waals surface area contributed by atoms with Gasteiger partial charge in [0.05, 0.1) is 12.2 Å². The molecule has 0 saturated carbocycles. The van der Waals surface area contributed by atoms with Crippen LogP contribution in [-0.2, 0) is 11.3 Å². The monoisotopic (exact) mass is 349 g/mol. The zero-order valence-corrected chi connectivity index (χ0v) is 15.3. The van der Waals surface area contributed by atoms with Crippen LogP contribution in [0, 0.1) is 0 Å². The van der Waals surface area contributed by atoms with Crippen molar-refractivity contribution >= 4 is 22.6 Å². The molecule has 0 aromatic heterocycles. The molecule has 26 heavy (non-hydrogen) atoms. The fourth-order valence-corrected chi connectivity index (χ4v) is 2.85. The number of phenols is 1. The van der Waals surface area contributed by atoms with Gasteiger partial charge in [-0.3, -0.25) is 4.90 Å². The van der Waals surface area contributed by atoms with Gasteiger partial charge in [0.2, 0.25) is 0 Å². The lowest BCUT2D eigenvalue weighted by molar-refractivity contribution is 0.0577. The molecule has 0 aliphatic carbocycles. The first-order valence-corrected chi connectivity index (χ1v) is 8.60. The van der Waals surface area contributed by atoms with Crippen LogP contribution in [0.25, 0.3) is 10.8 Å². The van der Waals surface area contributed by atoms with Crippen LogP contribution < -0.4 is 4.90 Å². The fourth-order valence-electron chi connectivity index (χ4n) is 2.85. The van der Waals surface area contributed by atoms with E-state index in [-0.39, 0.29) is 5.75 Å². The average molecular weight is 349 g/mol. The SMILES string of the molecule is CC(C)(C)OC(=O)N(Cc1ccccc1)c1c(O)ccc2ccccc12. The number of rotatable bonds is 3. The van der Waals surface area contributed by atoms with E-state index in [4.69, 9.17) is 4.74 Å². The van der Waals surface area contributed by atoms with Crippen LogP contribution in [0.3, 0.4) is 0 Å². The van der Waals surface area contributed by atoms with Crippen molar-refractivity contribution in [2.75, 3.05) is 4.90 Å². The van der Waals surface area contributed by atoms with Gasteiger partial charge in [-0.25, -0.2) is 4.79 Å². The van der Waals surface area contributed by atoms with E-state index < -0.39 is 11.7 Å². The summed E-state index contributed by atoms with van der Waals surface area (Å²) < 4.78 is 5.61. The average Bonchev–Trinajstić information content (AvgIpc) is 2.59. The standard InChI is InChI=1S/C22H23NO3/c1-22(2,3)26-21(25)23(15-16-9-5-4-6-10-16)20-18-12-8-7-11-17(18)13-14-19(20)24/h4-14,24H,15H2,1-3H3. The Morgan fingerprint density at radius 3 is 2.31 bits per heavy atom. The normalized spacial score (nSPS) is 11.3. The number of fused-ring (bicyclic) bond motifs is 1. The molecule has 3 aromatic rings. The Morgan fingerprint density at radius 1 is 0.962 bits per heavy atom. The smallest absolute Gasteiger partial charge is 0.415 e. The summed E-state index contributed by atoms with van der Waals surface area (Å²) in [5.41, 5.74) is 0.776. The summed E-state index contributed by atoms with van der Waals surface area (Å²) in [6, 6.07) is 20.8. The fraction of sp³-hybridized carbons (Fsp3) is 0.227. The molecule has 134 valence electrons. The molecule has 0 aliphatic rings. The van der Waals surface area contributed by atoms with Crippen molar-refractivity contribution in [3.05, 3.63) is 72.3 Å². The van der Waals surface area contributed by atoms with Gasteiger partial charge in [0.25, 0.3) is 0 Å². The summed E-state index contributed by atoms with van der Waals surface area (Å²) >= 11 is 0. The van der Waals surface area contributed by atoms with Crippen molar-refractivity contribution in [2.24, 2.45) is 0 Å². The second kappa shape index (κ2) is 7.08. The molecule has 1 amide bonds. The third-order valence-corrected chi connectivity index (χ3v) is 3.95. The van der Waals surface area contributed by atoms with E-state index in [1.165, 1.54) is 4.90 Å². The Labute approximate surface area is 153 Å². The van der Waals surface area contributed by atoms with Gasteiger partial charge in [-0.15, -0.1) is 0 Å². The summed E-state index contributed by atoms with van der Waals surface area (Å²) in [6.07, 6.45) is -0.493. The second-order valence-corrected chi connectivity index (χ2v) is 7.21. The van der Waals surface area contributed by atoms with Crippen LogP contribution in [0.2, 0.25) is 0 Å². The summed E-state index contributed by atoms with van der Waals surface area (Å²) in [4.78, 5) is 14.5. The Bertz CT molecular complexity index is 914. The minimum Gasteiger partial charge on any atom is -0.506 e. The van der Waals surface area contributed by atoms with E-state index in [9.17, 15) is 9.90 Å². The van der Waals surface area contributed by atoms with Crippen LogP contribution in [0.1, 0.15) is 26.3 Å². The highest BCUT2D eigenvalue weighted by Gasteiger charge is 2.27. The van der Waals surface area contributed by atoms with Gasteiger partial charge in [0.1, 0.15) is 11.4 Å². The minimum atomic E-state index is -0.633. The number of amides is 1. The Hall–Kier alpha value is -3.01. The van der Waals surface area contributed by atoms with Crippen LogP contribution in [-0.4, -0.2) is 16.8 Å². The van der Waals surface area contributed by atoms with Crippen LogP contribution in [0.4, 0.5) is 10.5 Å². The van der Waals surface area contributed by atoms with Crippen molar-refractivity contribution in [1.82, 2.24) is 0 Å². The first-order valence-electron chi connectivity index (χ1n) is 8.60. The molecule has 0 bridgehead atoms. The van der Waals surface area contributed by atoms with Crippen LogP contribution >= 0.6 is 0 Å². The summed E-state index contributed by atoms with van der Waals surface area (Å²) in [5.74, 6) is 0.0468. The Balaban J connectivity index is 2.11. The van der Waals surface area contributed by atoms with Gasteiger partial charge in [0, 0.05) is 5.39 Å². The highest BCUT2D eigenvalue weighted by atomic mass is 16.6. The second-order valence-electron chi connectivity index (χ2n) is 7.21. The predicted octanol–water partition coefficient (Wildman–Crippen LogP) is 5.49. The summed E-state index contributed by atoms with van der Waals surface area (Å²) in [5, 5.41) is 12.3. The molecule has 1 N–H and O–H groups in total. The van der Waals surface area contributed by atoms with Crippen molar-refractivity contribution in [2.45, 2.75) is 32.9 Å². The van der Waals surface area contributed by atoms with Gasteiger partial charge in [-0.2, -0.15) is 0 Å². The van der Waals surface area contributed by atoms with Crippen molar-refractivity contribution in [3.8, 4) is 5.75 Å². The number of nitrogens with zero attached hydrogens (tertiary/aromatic N) is 1. The quantitative estimate of drug-likeness (QED) is 0.680. The number of carbonyl (C=O) groups excluding carboxylic acids is 1. The zero-order chi connectivity index (χ0) is 18.7. The molecule has 4 heteroatoms. The lowest BCUT2D eigenvalue weighted by Gasteiger charge is -2.29. The van der Waals surface area contributed by atoms with Crippen molar-refractivity contribution in [3.63, 3.8) is 0 Å². The maximum atomic E-state index is 13.0. The topological polar surface area (TPSA) is 49.8 Å². The van der Waals surface area contributed by atoms with Gasteiger partial charge in [-0.05, 0) is 37.8 Å². The zero-order valence-electron chi connectivity index (χ0n) is 15.3. The Kier molecular flexibility index (Phi) is 4.85. The number of benzene rings is 3. The largest absolute Gasteiger partial charge is 0.506 e. The lowest BCUT2D eigenvalue weighted by Crippen LogP contribution is -2.36. The highest BCUT2D eigenvalue weighted by Crippen LogP contribution is 2.37. The van der Waals surface area contributed by atoms with E-state index in [1.54, 1.807) is 6.07 Å². The van der Waals surface area contributed by atoms with Gasteiger partial charge >= 0.3 is 6.09 Å². The molecule has 0 fully saturated rings. The van der Waals surface area contributed by atoms with Crippen molar-refractivity contribution < 1.29 is 14.6 Å². The third-order valence-electron chi connectivity index (χ3n) is 3.95. The molecule has 3 rings (SSSR count). The predicted molar refractivity (Wildman–Crippen MR) is 104 cm³/mol. The molecule has 0 saturated heterocycles. The number of hydrogen-bond donors (Lipinski definition) is 1. The molecular formula is C22H23NO3. The third kappa shape index (κ3) is 3.97. The number of aromatic hydroxyl groups is 1. The minimum absolute atomic E-state index is 0.0468. The number of ether oxygens (including phenoxy) is 1. The van der Waals surface area contributed by atoms with E-state index in [0.29, 0.717) is 12.2 Å². The number of hydrogen-bond acceptors (Lipinski definition) is 3. The van der Waals surface area contributed by atoms with Gasteiger partial charge in [0.15, 0.2) is 0 Å². The van der Waals surface area contributed by atoms with E-state index in [2.05, 4.69) is 0 Å². The molecule has 0 spiro atoms. The first-order chi connectivity index (χ1) is 12.3. The van der Waals surface area contributed by atoms with Crippen molar-refractivity contribution in [1.29, 1.82) is 0 Å². The molecule has 0 heterocycles. The molecule has 0 radical (unpaired) electrons. The molecule has 4 nitrogen and oxygen atoms in total. The molecule has 3 aromatic carbocycles. The number of phenolic OH excluding ortho intramolecular Hbond substituents is 1. The molecular weight excluding hydrogens is 326 g/mol. The maximum absolute atomic E-state index is 13.0. The summed E-state index contributed by atoms with van der Waals surface area (Å²) in [6.45, 7) is 5.79. The van der Waals surface area contributed by atoms with E-state index in [1.807, 2.05) is 81.4 Å². The summed E-state index contributed by atoms with van der Waals surface area (Å²) in [7, 11) is 0. The number of anilines is 1.